The summed E-state index contributed by atoms with van der Waals surface area (Å²) in [6.07, 6.45) is 0.820. The van der Waals surface area contributed by atoms with E-state index < -0.39 is 41.7 Å². The summed E-state index contributed by atoms with van der Waals surface area (Å²) in [7, 11) is 0. The topological polar surface area (TPSA) is 110 Å². The molecule has 2 atom stereocenters. The highest BCUT2D eigenvalue weighted by Gasteiger charge is 2.40. The summed E-state index contributed by atoms with van der Waals surface area (Å²) >= 11 is 0. The average molecular weight is 280 g/mol. The number of imide groups is 2. The minimum atomic E-state index is -1.20. The number of nitrogens with zero attached hydrogens (tertiary/aromatic N) is 1. The molecule has 1 N–H and O–H groups in total. The van der Waals surface area contributed by atoms with Gasteiger partial charge in [-0.25, -0.2) is 4.79 Å². The lowest BCUT2D eigenvalue weighted by atomic mass is 10.2. The molecule has 1 saturated heterocycles. The molecule has 0 spiro atoms. The molecule has 0 aromatic rings. The van der Waals surface area contributed by atoms with E-state index in [9.17, 15) is 24.0 Å². The zero-order valence-corrected chi connectivity index (χ0v) is 10.6. The summed E-state index contributed by atoms with van der Waals surface area (Å²) in [6.45, 7) is 1.60. The normalized spacial score (nSPS) is 23.2. The van der Waals surface area contributed by atoms with Crippen molar-refractivity contribution in [3.63, 3.8) is 0 Å². The summed E-state index contributed by atoms with van der Waals surface area (Å²) < 4.78 is 4.91. The largest absolute Gasteiger partial charge is 0.450 e. The summed E-state index contributed by atoms with van der Waals surface area (Å²) in [4.78, 5) is 58.1. The number of hydrogen-bond donors (Lipinski definition) is 1. The second-order valence-electron chi connectivity index (χ2n) is 4.35. The van der Waals surface area contributed by atoms with Gasteiger partial charge >= 0.3 is 5.97 Å². The van der Waals surface area contributed by atoms with Crippen LogP contribution in [-0.4, -0.2) is 46.6 Å². The smallest absolute Gasteiger partial charge is 0.330 e. The predicted octanol–water partition coefficient (Wildman–Crippen LogP) is -1.35. The van der Waals surface area contributed by atoms with E-state index in [0.29, 0.717) is 0 Å². The van der Waals surface area contributed by atoms with Crippen molar-refractivity contribution >= 4 is 29.6 Å². The molecule has 0 bridgehead atoms. The van der Waals surface area contributed by atoms with Crippen molar-refractivity contribution < 1.29 is 28.7 Å². The second kappa shape index (κ2) is 5.24. The van der Waals surface area contributed by atoms with Crippen molar-refractivity contribution in [3.05, 3.63) is 12.2 Å². The van der Waals surface area contributed by atoms with Gasteiger partial charge in [-0.2, -0.15) is 0 Å². The molecule has 20 heavy (non-hydrogen) atoms. The average Bonchev–Trinajstić information content (AvgIpc) is 2.86. The minimum absolute atomic E-state index is 0.153. The van der Waals surface area contributed by atoms with Gasteiger partial charge in [-0.05, 0) is 6.42 Å². The van der Waals surface area contributed by atoms with Gasteiger partial charge in [0.1, 0.15) is 6.04 Å². The van der Waals surface area contributed by atoms with E-state index in [1.807, 2.05) is 5.32 Å². The maximum atomic E-state index is 12.0. The van der Waals surface area contributed by atoms with Crippen LogP contribution < -0.4 is 5.32 Å². The van der Waals surface area contributed by atoms with Gasteiger partial charge in [-0.15, -0.1) is 0 Å². The fraction of sp³-hybridized carbons (Fsp3) is 0.417. The van der Waals surface area contributed by atoms with Crippen LogP contribution in [0.5, 0.6) is 0 Å². The molecule has 0 aromatic heterocycles. The number of rotatable bonds is 4. The van der Waals surface area contributed by atoms with Crippen molar-refractivity contribution in [2.24, 2.45) is 0 Å². The van der Waals surface area contributed by atoms with Gasteiger partial charge < -0.3 is 4.74 Å². The molecule has 0 aromatic carbocycles. The van der Waals surface area contributed by atoms with Crippen LogP contribution in [-0.2, 0) is 28.7 Å². The van der Waals surface area contributed by atoms with Gasteiger partial charge in [0, 0.05) is 12.2 Å². The highest BCUT2D eigenvalue weighted by molar-refractivity contribution is 6.15. The van der Waals surface area contributed by atoms with Crippen LogP contribution in [0.3, 0.4) is 0 Å². The number of carbonyl (C=O) groups excluding carboxylic acids is 5. The molecule has 106 valence electrons. The Hall–Kier alpha value is -2.51. The van der Waals surface area contributed by atoms with Crippen LogP contribution in [0.1, 0.15) is 19.8 Å². The SMILES string of the molecule is CCC(C(=O)OC1CC(=O)NC1=O)N1C(=O)C=CC1=O. The van der Waals surface area contributed by atoms with Crippen molar-refractivity contribution in [1.29, 1.82) is 0 Å². The number of hydrogen-bond acceptors (Lipinski definition) is 6. The molecule has 2 rings (SSSR count). The number of ether oxygens (including phenoxy) is 1. The summed E-state index contributed by atoms with van der Waals surface area (Å²) in [5, 5.41) is 2.00. The Bertz CT molecular complexity index is 520. The Labute approximate surface area is 113 Å². The molecule has 1 fully saturated rings. The van der Waals surface area contributed by atoms with Gasteiger partial charge in [0.25, 0.3) is 17.7 Å². The Morgan fingerprint density at radius 1 is 1.35 bits per heavy atom. The first-order chi connectivity index (χ1) is 9.43. The molecular formula is C12H12N2O6. The summed E-state index contributed by atoms with van der Waals surface area (Å²) in [6, 6.07) is -1.10. The van der Waals surface area contributed by atoms with Crippen LogP contribution >= 0.6 is 0 Å². The maximum Gasteiger partial charge on any atom is 0.330 e. The molecular weight excluding hydrogens is 268 g/mol. The van der Waals surface area contributed by atoms with Crippen LogP contribution in [0.15, 0.2) is 12.2 Å². The van der Waals surface area contributed by atoms with E-state index in [2.05, 4.69) is 0 Å². The molecule has 0 radical (unpaired) electrons. The first kappa shape index (κ1) is 13.9. The molecule has 2 unspecified atom stereocenters. The Kier molecular flexibility index (Phi) is 3.64. The molecule has 0 aliphatic carbocycles. The third-order valence-corrected chi connectivity index (χ3v) is 3.00. The standard InChI is InChI=1S/C12H12N2O6/c1-2-6(14-9(16)3-4-10(14)17)12(19)20-7-5-8(15)13-11(7)18/h3-4,6-7H,2,5H2,1H3,(H,13,15,18). The molecule has 4 amide bonds. The Morgan fingerprint density at radius 2 is 1.95 bits per heavy atom. The van der Waals surface area contributed by atoms with Crippen molar-refractivity contribution in [2.75, 3.05) is 0 Å². The first-order valence-corrected chi connectivity index (χ1v) is 6.03. The van der Waals surface area contributed by atoms with Gasteiger partial charge in [-0.1, -0.05) is 6.92 Å². The zero-order chi connectivity index (χ0) is 14.9. The Balaban J connectivity index is 2.07. The van der Waals surface area contributed by atoms with Crippen LogP contribution in [0, 0.1) is 0 Å². The number of nitrogens with one attached hydrogen (secondary N) is 1. The fourth-order valence-electron chi connectivity index (χ4n) is 2.02. The van der Waals surface area contributed by atoms with E-state index in [1.54, 1.807) is 6.92 Å². The Morgan fingerprint density at radius 3 is 2.40 bits per heavy atom. The first-order valence-electron chi connectivity index (χ1n) is 6.03. The van der Waals surface area contributed by atoms with Gasteiger partial charge in [0.2, 0.25) is 5.91 Å². The number of esters is 1. The molecule has 8 nitrogen and oxygen atoms in total. The van der Waals surface area contributed by atoms with E-state index in [0.717, 1.165) is 17.1 Å². The van der Waals surface area contributed by atoms with Crippen LogP contribution in [0.2, 0.25) is 0 Å². The number of carbonyl (C=O) groups is 5. The minimum Gasteiger partial charge on any atom is -0.450 e. The van der Waals surface area contributed by atoms with Gasteiger partial charge in [-0.3, -0.25) is 29.4 Å². The van der Waals surface area contributed by atoms with E-state index in [4.69, 9.17) is 4.74 Å². The van der Waals surface area contributed by atoms with Crippen LogP contribution in [0.25, 0.3) is 0 Å². The second-order valence-corrected chi connectivity index (χ2v) is 4.35. The lowest BCUT2D eigenvalue weighted by Crippen LogP contribution is -2.46. The molecule has 2 aliphatic heterocycles. The van der Waals surface area contributed by atoms with Crippen LogP contribution in [0.4, 0.5) is 0 Å². The van der Waals surface area contributed by atoms with E-state index >= 15 is 0 Å². The highest BCUT2D eigenvalue weighted by Crippen LogP contribution is 2.16. The van der Waals surface area contributed by atoms with Crippen molar-refractivity contribution in [3.8, 4) is 0 Å². The fourth-order valence-corrected chi connectivity index (χ4v) is 2.02. The number of amides is 4. The van der Waals surface area contributed by atoms with Gasteiger partial charge in [0.05, 0.1) is 6.42 Å². The third-order valence-electron chi connectivity index (χ3n) is 3.00. The quantitative estimate of drug-likeness (QED) is 0.503. The van der Waals surface area contributed by atoms with Crippen molar-refractivity contribution in [1.82, 2.24) is 10.2 Å². The van der Waals surface area contributed by atoms with Gasteiger partial charge in [0.15, 0.2) is 6.10 Å². The molecule has 8 heteroatoms. The van der Waals surface area contributed by atoms with E-state index in [1.165, 1.54) is 0 Å². The van der Waals surface area contributed by atoms with E-state index in [-0.39, 0.29) is 12.8 Å². The summed E-state index contributed by atoms with van der Waals surface area (Å²) in [5.41, 5.74) is 0. The predicted molar refractivity (Wildman–Crippen MR) is 62.7 cm³/mol. The molecule has 2 heterocycles. The molecule has 2 aliphatic rings. The molecule has 0 saturated carbocycles. The maximum absolute atomic E-state index is 12.0. The monoisotopic (exact) mass is 280 g/mol. The van der Waals surface area contributed by atoms with Crippen molar-refractivity contribution in [2.45, 2.75) is 31.9 Å². The third kappa shape index (κ3) is 2.44. The zero-order valence-electron chi connectivity index (χ0n) is 10.6. The lowest BCUT2D eigenvalue weighted by molar-refractivity contribution is -0.163. The highest BCUT2D eigenvalue weighted by atomic mass is 16.6. The summed E-state index contributed by atoms with van der Waals surface area (Å²) in [5.74, 6) is -3.32. The lowest BCUT2D eigenvalue weighted by Gasteiger charge is -2.24.